The van der Waals surface area contributed by atoms with E-state index >= 15 is 0 Å². The molecule has 0 heterocycles. The average molecular weight is 434 g/mol. The average Bonchev–Trinajstić information content (AvgIpc) is 2.40. The Balaban J connectivity index is 2.09. The van der Waals surface area contributed by atoms with Crippen molar-refractivity contribution in [1.82, 2.24) is 0 Å². The van der Waals surface area contributed by atoms with Crippen LogP contribution in [0.1, 0.15) is 18.1 Å². The van der Waals surface area contributed by atoms with Crippen LogP contribution in [-0.2, 0) is 13.0 Å². The first kappa shape index (κ1) is 16.8. The van der Waals surface area contributed by atoms with Crippen molar-refractivity contribution in [3.63, 3.8) is 0 Å². The molecular weight excluding hydrogens is 417 g/mol. The fourth-order valence-corrected chi connectivity index (χ4v) is 3.08. The highest BCUT2D eigenvalue weighted by atomic mass is 79.9. The summed E-state index contributed by atoms with van der Waals surface area (Å²) in [6.45, 7) is 2.42. The van der Waals surface area contributed by atoms with Gasteiger partial charge < -0.3 is 10.5 Å². The topological polar surface area (TPSA) is 35.2 Å². The van der Waals surface area contributed by atoms with Gasteiger partial charge in [0.05, 0.1) is 0 Å². The number of hydrogen-bond acceptors (Lipinski definition) is 2. The van der Waals surface area contributed by atoms with E-state index < -0.39 is 0 Å². The van der Waals surface area contributed by atoms with E-state index in [1.807, 2.05) is 43.3 Å². The van der Waals surface area contributed by atoms with E-state index in [0.29, 0.717) is 11.6 Å². The summed E-state index contributed by atoms with van der Waals surface area (Å²) in [5.74, 6) is 0.813. The van der Waals surface area contributed by atoms with Crippen molar-refractivity contribution in [1.29, 1.82) is 0 Å². The van der Waals surface area contributed by atoms with Gasteiger partial charge in [-0.15, -0.1) is 0 Å². The lowest BCUT2D eigenvalue weighted by Gasteiger charge is -2.12. The van der Waals surface area contributed by atoms with Gasteiger partial charge in [0.25, 0.3) is 0 Å². The van der Waals surface area contributed by atoms with Gasteiger partial charge in [-0.05, 0) is 49.2 Å². The van der Waals surface area contributed by atoms with E-state index in [1.54, 1.807) is 0 Å². The first-order chi connectivity index (χ1) is 9.95. The lowest BCUT2D eigenvalue weighted by molar-refractivity contribution is 0.306. The molecule has 0 aliphatic carbocycles. The van der Waals surface area contributed by atoms with Gasteiger partial charge in [0.1, 0.15) is 12.4 Å². The quantitative estimate of drug-likeness (QED) is 0.691. The van der Waals surface area contributed by atoms with Crippen LogP contribution in [0.5, 0.6) is 5.75 Å². The molecule has 0 spiro atoms. The summed E-state index contributed by atoms with van der Waals surface area (Å²) in [6, 6.07) is 11.8. The molecule has 2 nitrogen and oxygen atoms in total. The Bertz CT molecular complexity index is 632. The van der Waals surface area contributed by atoms with Crippen LogP contribution in [0.3, 0.4) is 0 Å². The summed E-state index contributed by atoms with van der Waals surface area (Å²) in [5.41, 5.74) is 7.96. The van der Waals surface area contributed by atoms with Gasteiger partial charge in [-0.1, -0.05) is 49.5 Å². The molecule has 2 aromatic rings. The van der Waals surface area contributed by atoms with Gasteiger partial charge in [-0.25, -0.2) is 0 Å². The molecule has 0 saturated heterocycles. The van der Waals surface area contributed by atoms with E-state index in [4.69, 9.17) is 22.1 Å². The Labute approximate surface area is 146 Å². The minimum absolute atomic E-state index is 0.109. The Hall–Kier alpha value is -0.550. The van der Waals surface area contributed by atoms with Gasteiger partial charge in [-0.3, -0.25) is 0 Å². The van der Waals surface area contributed by atoms with Crippen LogP contribution in [0.4, 0.5) is 0 Å². The van der Waals surface area contributed by atoms with E-state index in [1.165, 1.54) is 0 Å². The van der Waals surface area contributed by atoms with Crippen LogP contribution in [0.15, 0.2) is 45.3 Å². The number of hydrogen-bond donors (Lipinski definition) is 1. The SMILES string of the molecule is CC(N)Cc1cc(OCc2ccc(Br)cc2Cl)ccc1Br. The fourth-order valence-electron chi connectivity index (χ4n) is 1.94. The van der Waals surface area contributed by atoms with Crippen molar-refractivity contribution in [3.05, 3.63) is 61.5 Å². The molecule has 2 rings (SSSR count). The molecule has 0 aliphatic rings. The van der Waals surface area contributed by atoms with Gasteiger partial charge in [-0.2, -0.15) is 0 Å². The predicted octanol–water partition coefficient (Wildman–Crippen LogP) is 5.33. The second-order valence-corrected chi connectivity index (χ2v) is 7.14. The standard InChI is InChI=1S/C16H16Br2ClNO/c1-10(20)6-12-7-14(4-5-15(12)18)21-9-11-2-3-13(17)8-16(11)19/h2-5,7-8,10H,6,9,20H2,1H3. The molecule has 112 valence electrons. The van der Waals surface area contributed by atoms with Crippen LogP contribution in [0, 0.1) is 0 Å². The molecular formula is C16H16Br2ClNO. The van der Waals surface area contributed by atoms with Crippen LogP contribution in [0.25, 0.3) is 0 Å². The van der Waals surface area contributed by atoms with Gasteiger partial charge in [0.15, 0.2) is 0 Å². The van der Waals surface area contributed by atoms with Crippen molar-refractivity contribution in [2.24, 2.45) is 5.73 Å². The Morgan fingerprint density at radius 2 is 1.90 bits per heavy atom. The maximum atomic E-state index is 6.19. The summed E-state index contributed by atoms with van der Waals surface area (Å²) in [4.78, 5) is 0. The van der Waals surface area contributed by atoms with Gasteiger partial charge in [0, 0.05) is 25.6 Å². The largest absolute Gasteiger partial charge is 0.489 e. The fraction of sp³-hybridized carbons (Fsp3) is 0.250. The number of halogens is 3. The van der Waals surface area contributed by atoms with Crippen molar-refractivity contribution in [2.45, 2.75) is 26.0 Å². The zero-order valence-corrected chi connectivity index (χ0v) is 15.5. The van der Waals surface area contributed by atoms with Gasteiger partial charge in [0.2, 0.25) is 0 Å². The van der Waals surface area contributed by atoms with E-state index in [0.717, 1.165) is 32.2 Å². The van der Waals surface area contributed by atoms with Crippen LogP contribution >= 0.6 is 43.5 Å². The minimum Gasteiger partial charge on any atom is -0.489 e. The van der Waals surface area contributed by atoms with Crippen molar-refractivity contribution >= 4 is 43.5 Å². The number of rotatable bonds is 5. The highest BCUT2D eigenvalue weighted by molar-refractivity contribution is 9.10. The van der Waals surface area contributed by atoms with Crippen molar-refractivity contribution in [2.75, 3.05) is 0 Å². The molecule has 1 unspecified atom stereocenters. The molecule has 0 fully saturated rings. The third kappa shape index (κ3) is 4.99. The Morgan fingerprint density at radius 1 is 1.14 bits per heavy atom. The van der Waals surface area contributed by atoms with E-state index in [-0.39, 0.29) is 6.04 Å². The van der Waals surface area contributed by atoms with Crippen molar-refractivity contribution in [3.8, 4) is 5.75 Å². The normalized spacial score (nSPS) is 12.2. The van der Waals surface area contributed by atoms with E-state index in [9.17, 15) is 0 Å². The van der Waals surface area contributed by atoms with Crippen LogP contribution in [-0.4, -0.2) is 6.04 Å². The zero-order chi connectivity index (χ0) is 15.4. The lowest BCUT2D eigenvalue weighted by atomic mass is 10.1. The highest BCUT2D eigenvalue weighted by Crippen LogP contribution is 2.26. The number of benzene rings is 2. The van der Waals surface area contributed by atoms with E-state index in [2.05, 4.69) is 31.9 Å². The number of ether oxygens (including phenoxy) is 1. The molecule has 0 aliphatic heterocycles. The Kier molecular flexibility index (Phi) is 6.11. The number of nitrogens with two attached hydrogens (primary N) is 1. The maximum Gasteiger partial charge on any atom is 0.120 e. The molecule has 0 saturated carbocycles. The molecule has 0 radical (unpaired) electrons. The van der Waals surface area contributed by atoms with Crippen LogP contribution < -0.4 is 10.5 Å². The smallest absolute Gasteiger partial charge is 0.120 e. The third-order valence-electron chi connectivity index (χ3n) is 2.97. The highest BCUT2D eigenvalue weighted by Gasteiger charge is 2.07. The molecule has 0 bridgehead atoms. The molecule has 2 aromatic carbocycles. The summed E-state index contributed by atoms with van der Waals surface area (Å²) in [7, 11) is 0. The first-order valence-electron chi connectivity index (χ1n) is 6.56. The first-order valence-corrected chi connectivity index (χ1v) is 8.53. The maximum absolute atomic E-state index is 6.19. The summed E-state index contributed by atoms with van der Waals surface area (Å²) < 4.78 is 7.84. The Morgan fingerprint density at radius 3 is 2.57 bits per heavy atom. The second kappa shape index (κ2) is 7.63. The zero-order valence-electron chi connectivity index (χ0n) is 11.6. The molecule has 21 heavy (non-hydrogen) atoms. The minimum atomic E-state index is 0.109. The lowest BCUT2D eigenvalue weighted by Crippen LogP contribution is -2.18. The summed E-state index contributed by atoms with van der Waals surface area (Å²) >= 11 is 13.1. The molecule has 2 N–H and O–H groups in total. The van der Waals surface area contributed by atoms with Gasteiger partial charge >= 0.3 is 0 Å². The predicted molar refractivity (Wildman–Crippen MR) is 95.0 cm³/mol. The molecule has 5 heteroatoms. The second-order valence-electron chi connectivity index (χ2n) is 4.96. The summed E-state index contributed by atoms with van der Waals surface area (Å²) in [5, 5.41) is 0.692. The monoisotopic (exact) mass is 431 g/mol. The molecule has 0 amide bonds. The third-order valence-corrected chi connectivity index (χ3v) is 4.59. The van der Waals surface area contributed by atoms with Crippen molar-refractivity contribution < 1.29 is 4.74 Å². The van der Waals surface area contributed by atoms with Crippen LogP contribution in [0.2, 0.25) is 5.02 Å². The summed E-state index contributed by atoms with van der Waals surface area (Å²) in [6.07, 6.45) is 0.802. The molecule has 1 atom stereocenters. The molecule has 0 aromatic heterocycles.